The maximum absolute atomic E-state index is 12.5. The highest BCUT2D eigenvalue weighted by Gasteiger charge is 2.26. The third-order valence-electron chi connectivity index (χ3n) is 4.01. The number of hydrogen-bond donors (Lipinski definition) is 1. The highest BCUT2D eigenvalue weighted by Crippen LogP contribution is 2.28. The van der Waals surface area contributed by atoms with Gasteiger partial charge >= 0.3 is 0 Å². The van der Waals surface area contributed by atoms with Crippen molar-refractivity contribution in [1.29, 1.82) is 0 Å². The normalized spacial score (nSPS) is 16.5. The molecule has 0 aliphatic carbocycles. The van der Waals surface area contributed by atoms with Crippen molar-refractivity contribution in [1.82, 2.24) is 9.88 Å². The van der Waals surface area contributed by atoms with Gasteiger partial charge in [0, 0.05) is 13.5 Å². The van der Waals surface area contributed by atoms with Gasteiger partial charge in [-0.25, -0.2) is 0 Å². The number of aromatic nitrogens is 1. The minimum atomic E-state index is 0.00274. The number of nitrogens with zero attached hydrogens (tertiary/aromatic N) is 1. The largest absolute Gasteiger partial charge is 0.488 e. The van der Waals surface area contributed by atoms with Crippen molar-refractivity contribution in [2.45, 2.75) is 12.5 Å². The fourth-order valence-electron chi connectivity index (χ4n) is 2.91. The molecule has 4 nitrogen and oxygen atoms in total. The van der Waals surface area contributed by atoms with Gasteiger partial charge in [-0.3, -0.25) is 4.79 Å². The summed E-state index contributed by atoms with van der Waals surface area (Å²) >= 11 is 1.64. The Morgan fingerprint density at radius 1 is 1.41 bits per heavy atom. The molecule has 3 heterocycles. The summed E-state index contributed by atoms with van der Waals surface area (Å²) in [5.74, 6) is 0.941. The van der Waals surface area contributed by atoms with Crippen LogP contribution in [0, 0.1) is 0 Å². The molecule has 1 aromatic carbocycles. The predicted octanol–water partition coefficient (Wildman–Crippen LogP) is 3.31. The fourth-order valence-corrected chi connectivity index (χ4v) is 3.70. The fraction of sp³-hybridized carbons (Fsp3) is 0.235. The van der Waals surface area contributed by atoms with Crippen molar-refractivity contribution < 1.29 is 9.53 Å². The van der Waals surface area contributed by atoms with E-state index in [-0.39, 0.29) is 12.0 Å². The molecule has 0 radical (unpaired) electrons. The van der Waals surface area contributed by atoms with Crippen LogP contribution in [0.25, 0.3) is 10.2 Å². The zero-order chi connectivity index (χ0) is 15.1. The Kier molecular flexibility index (Phi) is 3.15. The van der Waals surface area contributed by atoms with E-state index in [0.29, 0.717) is 12.2 Å². The van der Waals surface area contributed by atoms with E-state index >= 15 is 0 Å². The van der Waals surface area contributed by atoms with Gasteiger partial charge in [0.1, 0.15) is 17.5 Å². The molecular weight excluding hydrogens is 296 g/mol. The number of carbonyl (C=O) groups excluding carboxylic acids is 1. The molecule has 0 unspecified atom stereocenters. The average molecular weight is 312 g/mol. The van der Waals surface area contributed by atoms with Gasteiger partial charge in [-0.2, -0.15) is 0 Å². The number of ether oxygens (including phenoxy) is 1. The predicted molar refractivity (Wildman–Crippen MR) is 87.7 cm³/mol. The maximum Gasteiger partial charge on any atom is 0.270 e. The molecule has 1 aliphatic rings. The second-order valence-corrected chi connectivity index (χ2v) is 6.57. The van der Waals surface area contributed by atoms with Crippen LogP contribution in [0.1, 0.15) is 16.1 Å². The summed E-state index contributed by atoms with van der Waals surface area (Å²) in [5, 5.41) is 2.02. The summed E-state index contributed by atoms with van der Waals surface area (Å²) in [6.45, 7) is 0.584. The topological polar surface area (TPSA) is 45.3 Å². The molecule has 1 aliphatic heterocycles. The Morgan fingerprint density at radius 3 is 3.09 bits per heavy atom. The number of amides is 1. The zero-order valence-corrected chi connectivity index (χ0v) is 13.0. The molecule has 112 valence electrons. The monoisotopic (exact) mass is 312 g/mol. The Bertz CT molecular complexity index is 782. The smallest absolute Gasteiger partial charge is 0.270 e. The summed E-state index contributed by atoms with van der Waals surface area (Å²) in [6, 6.07) is 12.0. The van der Waals surface area contributed by atoms with Crippen LogP contribution >= 0.6 is 11.3 Å². The summed E-state index contributed by atoms with van der Waals surface area (Å²) in [5.41, 5.74) is 2.87. The van der Waals surface area contributed by atoms with Crippen molar-refractivity contribution in [3.8, 4) is 5.75 Å². The number of benzene rings is 1. The van der Waals surface area contributed by atoms with Crippen LogP contribution in [0.2, 0.25) is 0 Å². The average Bonchev–Trinajstić information content (AvgIpc) is 3.19. The third kappa shape index (κ3) is 2.27. The van der Waals surface area contributed by atoms with E-state index in [1.165, 1.54) is 5.56 Å². The Morgan fingerprint density at radius 2 is 2.27 bits per heavy atom. The van der Waals surface area contributed by atoms with Crippen LogP contribution in [0.5, 0.6) is 5.75 Å². The lowest BCUT2D eigenvalue weighted by Gasteiger charge is -2.20. The number of hydrogen-bond acceptors (Lipinski definition) is 3. The van der Waals surface area contributed by atoms with E-state index in [1.54, 1.807) is 16.2 Å². The number of fused-ring (bicyclic) bond motifs is 2. The lowest BCUT2D eigenvalue weighted by atomic mass is 10.1. The first-order chi connectivity index (χ1) is 10.7. The van der Waals surface area contributed by atoms with Gasteiger partial charge in [0.05, 0.1) is 16.8 Å². The van der Waals surface area contributed by atoms with Crippen LogP contribution in [0.3, 0.4) is 0 Å². The SMILES string of the molecule is CN(C[C@@H]1Cc2ccccc2O1)C(=O)c1cc2sccc2[nH]1. The molecule has 1 atom stereocenters. The van der Waals surface area contributed by atoms with Crippen molar-refractivity contribution in [2.75, 3.05) is 13.6 Å². The maximum atomic E-state index is 12.5. The van der Waals surface area contributed by atoms with E-state index in [9.17, 15) is 4.79 Å². The molecule has 22 heavy (non-hydrogen) atoms. The van der Waals surface area contributed by atoms with Gasteiger partial charge in [0.25, 0.3) is 5.91 Å². The van der Waals surface area contributed by atoms with E-state index in [0.717, 1.165) is 22.4 Å². The minimum absolute atomic E-state index is 0.00274. The van der Waals surface area contributed by atoms with E-state index in [4.69, 9.17) is 4.74 Å². The quantitative estimate of drug-likeness (QED) is 0.806. The number of para-hydroxylation sites is 1. The van der Waals surface area contributed by atoms with Crippen molar-refractivity contribution in [2.24, 2.45) is 0 Å². The molecule has 1 N–H and O–H groups in total. The second kappa shape index (κ2) is 5.18. The molecule has 1 amide bonds. The highest BCUT2D eigenvalue weighted by molar-refractivity contribution is 7.17. The molecule has 0 saturated heterocycles. The summed E-state index contributed by atoms with van der Waals surface area (Å²) in [7, 11) is 1.82. The summed E-state index contributed by atoms with van der Waals surface area (Å²) in [4.78, 5) is 17.4. The van der Waals surface area contributed by atoms with Crippen LogP contribution < -0.4 is 4.74 Å². The Labute approximate surface area is 132 Å². The van der Waals surface area contributed by atoms with Gasteiger partial charge in [-0.05, 0) is 29.1 Å². The number of H-pyrrole nitrogens is 1. The van der Waals surface area contributed by atoms with Crippen LogP contribution in [-0.2, 0) is 6.42 Å². The van der Waals surface area contributed by atoms with Crippen molar-refractivity contribution >= 4 is 27.5 Å². The zero-order valence-electron chi connectivity index (χ0n) is 12.2. The molecule has 0 bridgehead atoms. The number of likely N-dealkylation sites (N-methyl/N-ethyl adjacent to an activating group) is 1. The van der Waals surface area contributed by atoms with E-state index in [1.807, 2.05) is 42.8 Å². The van der Waals surface area contributed by atoms with Crippen LogP contribution in [0.4, 0.5) is 0 Å². The lowest BCUT2D eigenvalue weighted by Crippen LogP contribution is -2.36. The number of rotatable bonds is 3. The van der Waals surface area contributed by atoms with E-state index < -0.39 is 0 Å². The molecule has 0 saturated carbocycles. The van der Waals surface area contributed by atoms with Crippen molar-refractivity contribution in [3.05, 3.63) is 53.0 Å². The lowest BCUT2D eigenvalue weighted by molar-refractivity contribution is 0.0726. The molecule has 0 fully saturated rings. The molecule has 4 rings (SSSR count). The number of aromatic amines is 1. The summed E-state index contributed by atoms with van der Waals surface area (Å²) < 4.78 is 7.02. The van der Waals surface area contributed by atoms with Crippen LogP contribution in [-0.4, -0.2) is 35.5 Å². The molecule has 3 aromatic rings. The molecule has 5 heteroatoms. The van der Waals surface area contributed by atoms with Gasteiger partial charge in [0.15, 0.2) is 0 Å². The van der Waals surface area contributed by atoms with Crippen LogP contribution in [0.15, 0.2) is 41.8 Å². The van der Waals surface area contributed by atoms with Gasteiger partial charge in [-0.1, -0.05) is 18.2 Å². The van der Waals surface area contributed by atoms with Crippen molar-refractivity contribution in [3.63, 3.8) is 0 Å². The van der Waals surface area contributed by atoms with Gasteiger partial charge in [0.2, 0.25) is 0 Å². The second-order valence-electron chi connectivity index (χ2n) is 5.62. The molecule has 2 aromatic heterocycles. The number of nitrogens with one attached hydrogen (secondary N) is 1. The first kappa shape index (κ1) is 13.4. The minimum Gasteiger partial charge on any atom is -0.488 e. The number of thiophene rings is 1. The van der Waals surface area contributed by atoms with E-state index in [2.05, 4.69) is 11.1 Å². The first-order valence-electron chi connectivity index (χ1n) is 7.27. The van der Waals surface area contributed by atoms with Gasteiger partial charge in [-0.15, -0.1) is 11.3 Å². The van der Waals surface area contributed by atoms with Gasteiger partial charge < -0.3 is 14.6 Å². The molecular formula is C17H16N2O2S. The highest BCUT2D eigenvalue weighted by atomic mass is 32.1. The Balaban J connectivity index is 1.45. The summed E-state index contributed by atoms with van der Waals surface area (Å²) in [6.07, 6.45) is 0.885. The molecule has 0 spiro atoms. The Hall–Kier alpha value is -2.27. The standard InChI is InChI=1S/C17H16N2O2S/c1-19(10-12-8-11-4-2-3-5-15(11)21-12)17(20)14-9-16-13(18-14)6-7-22-16/h2-7,9,12,18H,8,10H2,1H3/t12-/m0/s1. The number of carbonyl (C=O) groups is 1. The first-order valence-corrected chi connectivity index (χ1v) is 8.15. The third-order valence-corrected chi connectivity index (χ3v) is 4.87.